The fraction of sp³-hybridized carbons (Fsp3) is 0.200. The molecule has 0 N–H and O–H groups in total. The lowest BCUT2D eigenvalue weighted by Crippen LogP contribution is -1.98. The summed E-state index contributed by atoms with van der Waals surface area (Å²) in [5, 5.41) is 4.32. The number of hydrogen-bond donors (Lipinski definition) is 0. The molecule has 0 fully saturated rings. The number of aromatic nitrogens is 3. The molecule has 0 spiro atoms. The van der Waals surface area contributed by atoms with Gasteiger partial charge < -0.3 is 9.47 Å². The molecule has 0 amide bonds. The van der Waals surface area contributed by atoms with Crippen molar-refractivity contribution < 1.29 is 9.47 Å². The number of aryl methyl sites for hydroxylation is 2. The van der Waals surface area contributed by atoms with E-state index in [9.17, 15) is 0 Å². The molecule has 4 rings (SSSR count). The van der Waals surface area contributed by atoms with Crippen molar-refractivity contribution in [3.8, 4) is 22.8 Å². The summed E-state index contributed by atoms with van der Waals surface area (Å²) in [5.41, 5.74) is 4.93. The Kier molecular flexibility index (Phi) is 2.24. The van der Waals surface area contributed by atoms with Crippen LogP contribution in [0.15, 0.2) is 30.5 Å². The lowest BCUT2D eigenvalue weighted by molar-refractivity contribution is 0.174. The van der Waals surface area contributed by atoms with Crippen molar-refractivity contribution in [1.82, 2.24) is 14.6 Å². The van der Waals surface area contributed by atoms with E-state index in [1.165, 1.54) is 0 Å². The molecule has 20 heavy (non-hydrogen) atoms. The van der Waals surface area contributed by atoms with Gasteiger partial charge in [0.25, 0.3) is 0 Å². The number of ether oxygens (including phenoxy) is 2. The van der Waals surface area contributed by atoms with Crippen LogP contribution in [0.3, 0.4) is 0 Å². The summed E-state index contributed by atoms with van der Waals surface area (Å²) in [5.74, 6) is 1.55. The second-order valence-corrected chi connectivity index (χ2v) is 4.91. The van der Waals surface area contributed by atoms with Crippen molar-refractivity contribution in [2.45, 2.75) is 13.8 Å². The van der Waals surface area contributed by atoms with Crippen LogP contribution in [-0.4, -0.2) is 21.4 Å². The third-order valence-corrected chi connectivity index (χ3v) is 3.49. The van der Waals surface area contributed by atoms with Crippen molar-refractivity contribution >= 4 is 5.65 Å². The fourth-order valence-electron chi connectivity index (χ4n) is 2.43. The number of hydrogen-bond acceptors (Lipinski definition) is 4. The van der Waals surface area contributed by atoms with Gasteiger partial charge in [-0.3, -0.25) is 0 Å². The Balaban J connectivity index is 1.91. The zero-order valence-corrected chi connectivity index (χ0v) is 11.3. The van der Waals surface area contributed by atoms with Gasteiger partial charge in [-0.2, -0.15) is 5.10 Å². The molecule has 1 aromatic carbocycles. The zero-order chi connectivity index (χ0) is 13.7. The minimum atomic E-state index is 0.284. The molecule has 5 nitrogen and oxygen atoms in total. The quantitative estimate of drug-likeness (QED) is 0.680. The lowest BCUT2D eigenvalue weighted by Gasteiger charge is -2.06. The van der Waals surface area contributed by atoms with E-state index in [0.29, 0.717) is 0 Å². The molecule has 3 heterocycles. The number of nitrogens with zero attached hydrogens (tertiary/aromatic N) is 3. The first kappa shape index (κ1) is 11.3. The number of fused-ring (bicyclic) bond motifs is 2. The average molecular weight is 267 g/mol. The standard InChI is InChI=1S/C15H13N3O2/c1-9-7-16-18-10(2)5-12(17-15(9)18)11-3-4-13-14(6-11)20-8-19-13/h3-7H,8H2,1-2H3. The first-order chi connectivity index (χ1) is 9.72. The van der Waals surface area contributed by atoms with Gasteiger partial charge in [-0.1, -0.05) is 0 Å². The Hall–Kier alpha value is -2.56. The summed E-state index contributed by atoms with van der Waals surface area (Å²) in [7, 11) is 0. The Morgan fingerprint density at radius 1 is 1.10 bits per heavy atom. The van der Waals surface area contributed by atoms with E-state index in [-0.39, 0.29) is 6.79 Å². The normalized spacial score (nSPS) is 13.1. The SMILES string of the molecule is Cc1cnn2c(C)cc(-c3ccc4c(c3)OCO4)nc12. The summed E-state index contributed by atoms with van der Waals surface area (Å²) in [4.78, 5) is 4.70. The molecule has 0 saturated carbocycles. The maximum Gasteiger partial charge on any atom is 0.231 e. The molecular weight excluding hydrogens is 254 g/mol. The highest BCUT2D eigenvalue weighted by Crippen LogP contribution is 2.35. The summed E-state index contributed by atoms with van der Waals surface area (Å²) >= 11 is 0. The zero-order valence-electron chi connectivity index (χ0n) is 11.3. The summed E-state index contributed by atoms with van der Waals surface area (Å²) in [6.07, 6.45) is 1.83. The average Bonchev–Trinajstić information content (AvgIpc) is 3.05. The van der Waals surface area contributed by atoms with Crippen molar-refractivity contribution in [2.75, 3.05) is 6.79 Å². The maximum absolute atomic E-state index is 5.42. The van der Waals surface area contributed by atoms with Crippen molar-refractivity contribution in [2.24, 2.45) is 0 Å². The van der Waals surface area contributed by atoms with Gasteiger partial charge in [0, 0.05) is 16.8 Å². The Bertz CT molecular complexity index is 823. The molecule has 100 valence electrons. The van der Waals surface area contributed by atoms with Gasteiger partial charge in [-0.05, 0) is 38.1 Å². The number of rotatable bonds is 1. The Morgan fingerprint density at radius 3 is 2.85 bits per heavy atom. The van der Waals surface area contributed by atoms with Crippen molar-refractivity contribution in [3.05, 3.63) is 41.7 Å². The first-order valence-electron chi connectivity index (χ1n) is 6.44. The Morgan fingerprint density at radius 2 is 1.95 bits per heavy atom. The summed E-state index contributed by atoms with van der Waals surface area (Å²) in [6, 6.07) is 7.91. The molecule has 0 unspecified atom stereocenters. The van der Waals surface area contributed by atoms with E-state index in [4.69, 9.17) is 14.5 Å². The van der Waals surface area contributed by atoms with Crippen LogP contribution in [0.2, 0.25) is 0 Å². The molecule has 3 aromatic rings. The first-order valence-corrected chi connectivity index (χ1v) is 6.44. The minimum Gasteiger partial charge on any atom is -0.454 e. The van der Waals surface area contributed by atoms with Gasteiger partial charge in [0.15, 0.2) is 17.1 Å². The second-order valence-electron chi connectivity index (χ2n) is 4.91. The van der Waals surface area contributed by atoms with E-state index in [2.05, 4.69) is 5.10 Å². The third-order valence-electron chi connectivity index (χ3n) is 3.49. The maximum atomic E-state index is 5.42. The van der Waals surface area contributed by atoms with Crippen LogP contribution in [0, 0.1) is 13.8 Å². The van der Waals surface area contributed by atoms with Gasteiger partial charge in [-0.25, -0.2) is 9.50 Å². The molecule has 0 bridgehead atoms. The van der Waals surface area contributed by atoms with Gasteiger partial charge in [0.2, 0.25) is 6.79 Å². The van der Waals surface area contributed by atoms with Gasteiger partial charge in [0.05, 0.1) is 11.9 Å². The topological polar surface area (TPSA) is 48.7 Å². The van der Waals surface area contributed by atoms with Crippen LogP contribution in [-0.2, 0) is 0 Å². The third kappa shape index (κ3) is 1.56. The molecule has 1 aliphatic heterocycles. The monoisotopic (exact) mass is 267 g/mol. The highest BCUT2D eigenvalue weighted by molar-refractivity contribution is 5.67. The van der Waals surface area contributed by atoms with Crippen LogP contribution in [0.25, 0.3) is 16.9 Å². The van der Waals surface area contributed by atoms with E-state index < -0.39 is 0 Å². The van der Waals surface area contributed by atoms with Gasteiger partial charge in [-0.15, -0.1) is 0 Å². The van der Waals surface area contributed by atoms with E-state index in [1.807, 2.05) is 48.8 Å². The highest BCUT2D eigenvalue weighted by atomic mass is 16.7. The predicted molar refractivity (Wildman–Crippen MR) is 74.0 cm³/mol. The van der Waals surface area contributed by atoms with Crippen molar-refractivity contribution in [3.63, 3.8) is 0 Å². The molecule has 2 aromatic heterocycles. The van der Waals surface area contributed by atoms with Crippen molar-refractivity contribution in [1.29, 1.82) is 0 Å². The molecule has 5 heteroatoms. The van der Waals surface area contributed by atoms with E-state index in [1.54, 1.807) is 0 Å². The van der Waals surface area contributed by atoms with Crippen LogP contribution in [0.5, 0.6) is 11.5 Å². The van der Waals surface area contributed by atoms with Crippen LogP contribution in [0.1, 0.15) is 11.3 Å². The molecular formula is C15H13N3O2. The van der Waals surface area contributed by atoms with Crippen LogP contribution < -0.4 is 9.47 Å². The predicted octanol–water partition coefficient (Wildman–Crippen LogP) is 2.74. The molecule has 1 aliphatic rings. The highest BCUT2D eigenvalue weighted by Gasteiger charge is 2.15. The van der Waals surface area contributed by atoms with E-state index in [0.717, 1.165) is 39.7 Å². The molecule has 0 aliphatic carbocycles. The smallest absolute Gasteiger partial charge is 0.231 e. The second kappa shape index (κ2) is 3.96. The van der Waals surface area contributed by atoms with Gasteiger partial charge >= 0.3 is 0 Å². The summed E-state index contributed by atoms with van der Waals surface area (Å²) in [6.45, 7) is 4.32. The van der Waals surface area contributed by atoms with Crippen LogP contribution >= 0.6 is 0 Å². The minimum absolute atomic E-state index is 0.284. The molecule has 0 radical (unpaired) electrons. The fourth-order valence-corrected chi connectivity index (χ4v) is 2.43. The summed E-state index contributed by atoms with van der Waals surface area (Å²) < 4.78 is 12.6. The van der Waals surface area contributed by atoms with Crippen LogP contribution in [0.4, 0.5) is 0 Å². The largest absolute Gasteiger partial charge is 0.454 e. The lowest BCUT2D eigenvalue weighted by atomic mass is 10.1. The number of benzene rings is 1. The molecule has 0 saturated heterocycles. The molecule has 0 atom stereocenters. The Labute approximate surface area is 115 Å². The van der Waals surface area contributed by atoms with Gasteiger partial charge in [0.1, 0.15) is 0 Å². The van der Waals surface area contributed by atoms with E-state index >= 15 is 0 Å².